The largest absolute Gasteiger partial charge is 0.398 e. The molecule has 0 amide bonds. The number of aliphatic hydroxyl groups excluding tert-OH is 2. The molecule has 120 valence electrons. The van der Waals surface area contributed by atoms with Gasteiger partial charge in [-0.1, -0.05) is 0 Å². The van der Waals surface area contributed by atoms with Crippen molar-refractivity contribution in [3.05, 3.63) is 24.3 Å². The smallest absolute Gasteiger partial charge is 0.181 e. The van der Waals surface area contributed by atoms with Gasteiger partial charge in [0, 0.05) is 18.1 Å². The third kappa shape index (κ3) is 1.98. The maximum atomic E-state index is 14.9. The third-order valence-electron chi connectivity index (χ3n) is 4.09. The van der Waals surface area contributed by atoms with Gasteiger partial charge in [0.15, 0.2) is 17.7 Å². The normalized spacial score (nSPS) is 33.5. The molecule has 0 spiro atoms. The first-order valence-corrected chi connectivity index (χ1v) is 6.86. The average Bonchev–Trinajstić information content (AvgIpc) is 2.87. The van der Waals surface area contributed by atoms with Gasteiger partial charge in [-0.15, -0.1) is 0 Å². The van der Waals surface area contributed by atoms with E-state index in [2.05, 4.69) is 4.98 Å². The van der Waals surface area contributed by atoms with Gasteiger partial charge in [0.1, 0.15) is 17.9 Å². The fourth-order valence-corrected chi connectivity index (χ4v) is 2.87. The van der Waals surface area contributed by atoms with E-state index >= 15 is 0 Å². The lowest BCUT2D eigenvalue weighted by molar-refractivity contribution is -0.0795. The molecule has 3 rings (SSSR count). The van der Waals surface area contributed by atoms with Gasteiger partial charge in [-0.05, 0) is 19.9 Å². The molecule has 0 unspecified atom stereocenters. The van der Waals surface area contributed by atoms with Crippen molar-refractivity contribution in [1.82, 2.24) is 9.55 Å². The van der Waals surface area contributed by atoms with Crippen LogP contribution in [0.2, 0.25) is 0 Å². The number of ether oxygens (including phenoxy) is 1. The van der Waals surface area contributed by atoms with Crippen LogP contribution in [0.3, 0.4) is 0 Å². The quantitative estimate of drug-likeness (QED) is 0.772. The first-order valence-electron chi connectivity index (χ1n) is 6.86. The standard InChI is InChI=1S/C14H17F2N3O3/c1-6(20)10-11(21)14(2,16)13(22-10)19-5-7(15)9-8(17)3-4-18-12(9)19/h3-6,10-11,13,20-21H,1-2H3,(H2,17,18)/t6-,10-,11-,13-,14-/m1/s1. The first-order chi connectivity index (χ1) is 10.2. The number of nitrogens with zero attached hydrogens (tertiary/aromatic N) is 2. The molecule has 8 heteroatoms. The van der Waals surface area contributed by atoms with Crippen LogP contribution in [0.4, 0.5) is 14.5 Å². The van der Waals surface area contributed by atoms with E-state index in [0.717, 1.165) is 17.7 Å². The molecule has 0 saturated carbocycles. The Morgan fingerprint density at radius 3 is 2.82 bits per heavy atom. The van der Waals surface area contributed by atoms with Crippen molar-refractivity contribution < 1.29 is 23.7 Å². The Hall–Kier alpha value is -1.77. The number of pyridine rings is 1. The van der Waals surface area contributed by atoms with Crippen LogP contribution in [0.5, 0.6) is 0 Å². The number of fused-ring (bicyclic) bond motifs is 1. The molecule has 0 aliphatic carbocycles. The summed E-state index contributed by atoms with van der Waals surface area (Å²) in [5.74, 6) is -0.657. The van der Waals surface area contributed by atoms with Crippen LogP contribution in [-0.2, 0) is 4.74 Å². The zero-order chi connectivity index (χ0) is 16.2. The molecule has 1 aliphatic heterocycles. The van der Waals surface area contributed by atoms with Crippen LogP contribution in [0.15, 0.2) is 18.5 Å². The highest BCUT2D eigenvalue weighted by Crippen LogP contribution is 2.44. The highest BCUT2D eigenvalue weighted by molar-refractivity contribution is 5.89. The van der Waals surface area contributed by atoms with E-state index in [1.54, 1.807) is 0 Å². The second-order valence-electron chi connectivity index (χ2n) is 5.77. The molecule has 2 aromatic rings. The minimum Gasteiger partial charge on any atom is -0.398 e. The van der Waals surface area contributed by atoms with Gasteiger partial charge in [-0.3, -0.25) is 4.57 Å². The average molecular weight is 313 g/mol. The highest BCUT2D eigenvalue weighted by atomic mass is 19.1. The van der Waals surface area contributed by atoms with Crippen LogP contribution in [0, 0.1) is 5.82 Å². The minimum absolute atomic E-state index is 0.0666. The number of anilines is 1. The minimum atomic E-state index is -2.23. The fraction of sp³-hybridized carbons (Fsp3) is 0.500. The zero-order valence-electron chi connectivity index (χ0n) is 12.1. The van der Waals surface area contributed by atoms with Gasteiger partial charge in [-0.25, -0.2) is 13.8 Å². The monoisotopic (exact) mass is 313 g/mol. The van der Waals surface area contributed by atoms with E-state index in [-0.39, 0.29) is 16.7 Å². The van der Waals surface area contributed by atoms with Crippen LogP contribution in [-0.4, -0.2) is 43.7 Å². The van der Waals surface area contributed by atoms with Gasteiger partial charge in [-0.2, -0.15) is 0 Å². The lowest BCUT2D eigenvalue weighted by Gasteiger charge is -2.25. The molecule has 1 fully saturated rings. The summed E-state index contributed by atoms with van der Waals surface area (Å²) in [5.41, 5.74) is 3.78. The van der Waals surface area contributed by atoms with Gasteiger partial charge < -0.3 is 20.7 Å². The van der Waals surface area contributed by atoms with Crippen LogP contribution >= 0.6 is 0 Å². The second kappa shape index (κ2) is 4.87. The molecule has 0 aromatic carbocycles. The van der Waals surface area contributed by atoms with E-state index in [1.165, 1.54) is 19.2 Å². The Morgan fingerprint density at radius 2 is 2.23 bits per heavy atom. The lowest BCUT2D eigenvalue weighted by atomic mass is 9.96. The summed E-state index contributed by atoms with van der Waals surface area (Å²) in [6.07, 6.45) is -2.68. The number of halogens is 2. The van der Waals surface area contributed by atoms with Gasteiger partial charge in [0.05, 0.1) is 11.5 Å². The molecule has 5 atom stereocenters. The number of hydrogen-bond acceptors (Lipinski definition) is 5. The number of aliphatic hydroxyl groups is 2. The highest BCUT2D eigenvalue weighted by Gasteiger charge is 2.56. The molecular weight excluding hydrogens is 296 g/mol. The lowest BCUT2D eigenvalue weighted by Crippen LogP contribution is -2.42. The van der Waals surface area contributed by atoms with Crippen molar-refractivity contribution in [3.8, 4) is 0 Å². The number of alkyl halides is 1. The van der Waals surface area contributed by atoms with Crippen LogP contribution < -0.4 is 5.73 Å². The van der Waals surface area contributed by atoms with E-state index in [0.29, 0.717) is 0 Å². The van der Waals surface area contributed by atoms with Crippen molar-refractivity contribution >= 4 is 16.7 Å². The SMILES string of the molecule is C[C@@H](O)[C@H]1O[C@@H](n2cc(F)c3c(N)ccnc32)[C@](C)(F)[C@@H]1O. The van der Waals surface area contributed by atoms with Crippen molar-refractivity contribution in [3.63, 3.8) is 0 Å². The Morgan fingerprint density at radius 1 is 1.55 bits per heavy atom. The molecule has 1 saturated heterocycles. The predicted octanol–water partition coefficient (Wildman–Crippen LogP) is 1.12. The fourth-order valence-electron chi connectivity index (χ4n) is 2.87. The first kappa shape index (κ1) is 15.1. The summed E-state index contributed by atoms with van der Waals surface area (Å²) < 4.78 is 35.6. The van der Waals surface area contributed by atoms with E-state index < -0.39 is 36.0 Å². The Bertz CT molecular complexity index is 717. The molecule has 0 bridgehead atoms. The van der Waals surface area contributed by atoms with E-state index in [4.69, 9.17) is 10.5 Å². The number of nitrogen functional groups attached to an aromatic ring is 1. The maximum absolute atomic E-state index is 14.9. The molecule has 2 aromatic heterocycles. The molecule has 3 heterocycles. The summed E-state index contributed by atoms with van der Waals surface area (Å²) >= 11 is 0. The molecule has 22 heavy (non-hydrogen) atoms. The van der Waals surface area contributed by atoms with Crippen LogP contribution in [0.25, 0.3) is 11.0 Å². The third-order valence-corrected chi connectivity index (χ3v) is 4.09. The van der Waals surface area contributed by atoms with Crippen molar-refractivity contribution in [2.45, 2.75) is 44.1 Å². The number of nitrogens with two attached hydrogens (primary N) is 1. The van der Waals surface area contributed by atoms with Gasteiger partial charge >= 0.3 is 0 Å². The number of aromatic nitrogens is 2. The van der Waals surface area contributed by atoms with Gasteiger partial charge in [0.25, 0.3) is 0 Å². The second-order valence-corrected chi connectivity index (χ2v) is 5.77. The summed E-state index contributed by atoms with van der Waals surface area (Å²) in [6, 6.07) is 1.44. The summed E-state index contributed by atoms with van der Waals surface area (Å²) in [7, 11) is 0. The topological polar surface area (TPSA) is 93.5 Å². The van der Waals surface area contributed by atoms with Crippen molar-refractivity contribution in [2.24, 2.45) is 0 Å². The van der Waals surface area contributed by atoms with Crippen molar-refractivity contribution in [1.29, 1.82) is 0 Å². The Balaban J connectivity index is 2.14. The molecule has 6 nitrogen and oxygen atoms in total. The summed E-state index contributed by atoms with van der Waals surface area (Å²) in [6.45, 7) is 2.53. The van der Waals surface area contributed by atoms with E-state index in [1.807, 2.05) is 0 Å². The summed E-state index contributed by atoms with van der Waals surface area (Å²) in [4.78, 5) is 4.02. The van der Waals surface area contributed by atoms with Crippen LogP contribution in [0.1, 0.15) is 20.1 Å². The molecule has 4 N–H and O–H groups in total. The maximum Gasteiger partial charge on any atom is 0.181 e. The predicted molar refractivity (Wildman–Crippen MR) is 75.2 cm³/mol. The number of hydrogen-bond donors (Lipinski definition) is 3. The summed E-state index contributed by atoms with van der Waals surface area (Å²) in [5, 5.41) is 19.7. The van der Waals surface area contributed by atoms with Gasteiger partial charge in [0.2, 0.25) is 0 Å². The molecular formula is C14H17F2N3O3. The molecule has 1 aliphatic rings. The Labute approximate surface area is 125 Å². The van der Waals surface area contributed by atoms with E-state index in [9.17, 15) is 19.0 Å². The molecule has 0 radical (unpaired) electrons. The van der Waals surface area contributed by atoms with Crippen molar-refractivity contribution in [2.75, 3.05) is 5.73 Å². The zero-order valence-corrected chi connectivity index (χ0v) is 12.1. The Kier molecular flexibility index (Phi) is 3.35. The number of rotatable bonds is 2.